The molecule has 4 rings (SSSR count). The van der Waals surface area contributed by atoms with Gasteiger partial charge in [-0.05, 0) is 64.1 Å². The molecule has 0 spiro atoms. The Labute approximate surface area is 162 Å². The van der Waals surface area contributed by atoms with Gasteiger partial charge in [0.15, 0.2) is 11.6 Å². The Hall–Kier alpha value is -3.40. The predicted molar refractivity (Wildman–Crippen MR) is 106 cm³/mol. The lowest BCUT2D eigenvalue weighted by molar-refractivity contribution is -0.129. The summed E-state index contributed by atoms with van der Waals surface area (Å²) < 4.78 is 19.2. The largest absolute Gasteiger partial charge is 0.508 e. The number of carbonyl (C=O) groups is 1. The molecule has 1 atom stereocenters. The molecule has 3 nitrogen and oxygen atoms in total. The SMILES string of the molecule is C=CC(=O)Oc1ccc(C(C)c2ccc3c(c2)Cc2cc(O)ccc2-3)cc1F. The highest BCUT2D eigenvalue weighted by Gasteiger charge is 2.21. The first-order valence-corrected chi connectivity index (χ1v) is 9.05. The van der Waals surface area contributed by atoms with Crippen LogP contribution in [0.1, 0.15) is 35.1 Å². The van der Waals surface area contributed by atoms with Crippen molar-refractivity contribution in [2.75, 3.05) is 0 Å². The van der Waals surface area contributed by atoms with E-state index in [2.05, 4.69) is 24.8 Å². The van der Waals surface area contributed by atoms with Gasteiger partial charge in [-0.25, -0.2) is 9.18 Å². The van der Waals surface area contributed by atoms with Crippen LogP contribution in [0, 0.1) is 5.82 Å². The fourth-order valence-electron chi connectivity index (χ4n) is 3.70. The minimum atomic E-state index is -0.691. The molecule has 0 saturated heterocycles. The Bertz CT molecular complexity index is 1100. The van der Waals surface area contributed by atoms with Crippen LogP contribution < -0.4 is 4.74 Å². The zero-order chi connectivity index (χ0) is 19.8. The second-order valence-electron chi connectivity index (χ2n) is 6.97. The third-order valence-electron chi connectivity index (χ3n) is 5.22. The van der Waals surface area contributed by atoms with Crippen LogP contribution in [0.4, 0.5) is 4.39 Å². The first-order chi connectivity index (χ1) is 13.5. The lowest BCUT2D eigenvalue weighted by atomic mass is 9.90. The molecule has 0 aromatic heterocycles. The minimum absolute atomic E-state index is 0.0268. The summed E-state index contributed by atoms with van der Waals surface area (Å²) in [6.45, 7) is 5.32. The van der Waals surface area contributed by atoms with Crippen LogP contribution in [0.15, 0.2) is 67.3 Å². The Balaban J connectivity index is 1.61. The Morgan fingerprint density at radius 1 is 1.07 bits per heavy atom. The van der Waals surface area contributed by atoms with E-state index in [0.717, 1.165) is 34.8 Å². The number of carbonyl (C=O) groups excluding carboxylic acids is 1. The number of hydrogen-bond donors (Lipinski definition) is 1. The quantitative estimate of drug-likeness (QED) is 0.298. The van der Waals surface area contributed by atoms with E-state index in [4.69, 9.17) is 4.74 Å². The average molecular weight is 374 g/mol. The number of phenolic OH excluding ortho intramolecular Hbond substituents is 1. The van der Waals surface area contributed by atoms with Crippen LogP contribution >= 0.6 is 0 Å². The van der Waals surface area contributed by atoms with Crippen molar-refractivity contribution in [2.45, 2.75) is 19.3 Å². The number of halogens is 1. The summed E-state index contributed by atoms with van der Waals surface area (Å²) in [5.74, 6) is -1.13. The number of benzene rings is 3. The van der Waals surface area contributed by atoms with E-state index < -0.39 is 11.8 Å². The normalized spacial score (nSPS) is 12.8. The number of aromatic hydroxyl groups is 1. The van der Waals surface area contributed by atoms with E-state index >= 15 is 0 Å². The van der Waals surface area contributed by atoms with Gasteiger partial charge in [0, 0.05) is 12.0 Å². The van der Waals surface area contributed by atoms with Gasteiger partial charge in [0.05, 0.1) is 0 Å². The molecule has 28 heavy (non-hydrogen) atoms. The molecule has 0 bridgehead atoms. The summed E-state index contributed by atoms with van der Waals surface area (Å²) in [7, 11) is 0. The maximum atomic E-state index is 14.3. The highest BCUT2D eigenvalue weighted by atomic mass is 19.1. The highest BCUT2D eigenvalue weighted by molar-refractivity contribution is 5.83. The van der Waals surface area contributed by atoms with Gasteiger partial charge >= 0.3 is 5.97 Å². The van der Waals surface area contributed by atoms with Crippen LogP contribution in [-0.2, 0) is 11.2 Å². The van der Waals surface area contributed by atoms with Crippen molar-refractivity contribution < 1.29 is 19.0 Å². The molecule has 3 aromatic rings. The lowest BCUT2D eigenvalue weighted by Gasteiger charge is -2.15. The second kappa shape index (κ2) is 6.97. The van der Waals surface area contributed by atoms with Gasteiger partial charge in [-0.2, -0.15) is 0 Å². The van der Waals surface area contributed by atoms with Crippen molar-refractivity contribution in [1.29, 1.82) is 0 Å². The van der Waals surface area contributed by atoms with E-state index in [1.807, 2.05) is 13.0 Å². The molecule has 0 saturated carbocycles. The Morgan fingerprint density at radius 3 is 2.43 bits per heavy atom. The van der Waals surface area contributed by atoms with Crippen molar-refractivity contribution >= 4 is 5.97 Å². The van der Waals surface area contributed by atoms with E-state index in [-0.39, 0.29) is 17.4 Å². The molecule has 0 amide bonds. The van der Waals surface area contributed by atoms with E-state index in [9.17, 15) is 14.3 Å². The van der Waals surface area contributed by atoms with Gasteiger partial charge in [-0.15, -0.1) is 0 Å². The number of ether oxygens (including phenoxy) is 1. The molecule has 3 aromatic carbocycles. The molecule has 0 aliphatic heterocycles. The summed E-state index contributed by atoms with van der Waals surface area (Å²) in [6.07, 6.45) is 1.77. The maximum Gasteiger partial charge on any atom is 0.335 e. The van der Waals surface area contributed by atoms with Crippen LogP contribution in [0.3, 0.4) is 0 Å². The monoisotopic (exact) mass is 374 g/mol. The van der Waals surface area contributed by atoms with Crippen LogP contribution in [0.25, 0.3) is 11.1 Å². The first kappa shape index (κ1) is 18.0. The standard InChI is InChI=1S/C24H19FO3/c1-3-24(27)28-23-9-5-16(13-22(23)25)14(2)15-4-7-20-17(10-15)11-18-12-19(26)6-8-21(18)20/h3-10,12-14,26H,1,11H2,2H3. The number of fused-ring (bicyclic) bond motifs is 3. The first-order valence-electron chi connectivity index (χ1n) is 9.05. The molecule has 4 heteroatoms. The van der Waals surface area contributed by atoms with Gasteiger partial charge in [-0.3, -0.25) is 0 Å². The summed E-state index contributed by atoms with van der Waals surface area (Å²) in [5.41, 5.74) is 6.49. The summed E-state index contributed by atoms with van der Waals surface area (Å²) in [4.78, 5) is 11.3. The number of hydrogen-bond acceptors (Lipinski definition) is 3. The van der Waals surface area contributed by atoms with Crippen molar-refractivity contribution in [3.05, 3.63) is 95.3 Å². The molecule has 0 fully saturated rings. The van der Waals surface area contributed by atoms with Gasteiger partial charge in [0.25, 0.3) is 0 Å². The predicted octanol–water partition coefficient (Wildman–Crippen LogP) is 5.35. The number of phenols is 1. The fourth-order valence-corrected chi connectivity index (χ4v) is 3.70. The van der Waals surface area contributed by atoms with Crippen molar-refractivity contribution in [3.8, 4) is 22.6 Å². The van der Waals surface area contributed by atoms with Crippen LogP contribution in [-0.4, -0.2) is 11.1 Å². The van der Waals surface area contributed by atoms with Gasteiger partial charge in [-0.1, -0.05) is 43.8 Å². The molecular formula is C24H19FO3. The fraction of sp³-hybridized carbons (Fsp3) is 0.125. The summed E-state index contributed by atoms with van der Waals surface area (Å²) in [6, 6.07) is 16.4. The molecule has 140 valence electrons. The third-order valence-corrected chi connectivity index (χ3v) is 5.22. The number of esters is 1. The summed E-state index contributed by atoms with van der Waals surface area (Å²) in [5, 5.41) is 9.71. The molecule has 1 unspecified atom stereocenters. The zero-order valence-corrected chi connectivity index (χ0v) is 15.4. The molecule has 1 N–H and O–H groups in total. The molecular weight excluding hydrogens is 355 g/mol. The average Bonchev–Trinajstić information content (AvgIpc) is 3.05. The Kier molecular flexibility index (Phi) is 4.47. The van der Waals surface area contributed by atoms with E-state index in [0.29, 0.717) is 0 Å². The third kappa shape index (κ3) is 3.18. The number of rotatable bonds is 4. The maximum absolute atomic E-state index is 14.3. The topological polar surface area (TPSA) is 46.5 Å². The van der Waals surface area contributed by atoms with E-state index in [1.54, 1.807) is 18.2 Å². The summed E-state index contributed by atoms with van der Waals surface area (Å²) >= 11 is 0. The van der Waals surface area contributed by atoms with Gasteiger partial charge in [0.2, 0.25) is 0 Å². The van der Waals surface area contributed by atoms with E-state index in [1.165, 1.54) is 23.3 Å². The Morgan fingerprint density at radius 2 is 1.71 bits per heavy atom. The van der Waals surface area contributed by atoms with Crippen molar-refractivity contribution in [2.24, 2.45) is 0 Å². The molecule has 0 heterocycles. The molecule has 0 radical (unpaired) electrons. The van der Waals surface area contributed by atoms with Gasteiger partial charge in [0.1, 0.15) is 5.75 Å². The van der Waals surface area contributed by atoms with Crippen molar-refractivity contribution in [1.82, 2.24) is 0 Å². The molecule has 1 aliphatic carbocycles. The smallest absolute Gasteiger partial charge is 0.335 e. The minimum Gasteiger partial charge on any atom is -0.508 e. The van der Waals surface area contributed by atoms with Crippen LogP contribution in [0.2, 0.25) is 0 Å². The lowest BCUT2D eigenvalue weighted by Crippen LogP contribution is -2.05. The van der Waals surface area contributed by atoms with Crippen LogP contribution in [0.5, 0.6) is 11.5 Å². The second-order valence-corrected chi connectivity index (χ2v) is 6.97. The highest BCUT2D eigenvalue weighted by Crippen LogP contribution is 2.40. The zero-order valence-electron chi connectivity index (χ0n) is 15.4. The molecule has 1 aliphatic rings. The van der Waals surface area contributed by atoms with Crippen molar-refractivity contribution in [3.63, 3.8) is 0 Å². The van der Waals surface area contributed by atoms with Gasteiger partial charge < -0.3 is 9.84 Å².